The molecule has 0 saturated carbocycles. The average molecular weight is 428 g/mol. The summed E-state index contributed by atoms with van der Waals surface area (Å²) in [6.45, 7) is 6.29. The van der Waals surface area contributed by atoms with Gasteiger partial charge < -0.3 is 19.7 Å². The Balaban J connectivity index is 1.33. The third-order valence-corrected chi connectivity index (χ3v) is 6.69. The predicted octanol–water partition coefficient (Wildman–Crippen LogP) is 4.70. The fourth-order valence-corrected chi connectivity index (χ4v) is 5.06. The van der Waals surface area contributed by atoms with Crippen LogP contribution in [0.4, 0.5) is 15.8 Å². The number of benzene rings is 2. The van der Waals surface area contributed by atoms with Gasteiger partial charge in [0.1, 0.15) is 5.82 Å². The molecule has 1 N–H and O–H groups in total. The van der Waals surface area contributed by atoms with Crippen molar-refractivity contribution >= 4 is 11.4 Å². The maximum absolute atomic E-state index is 13.4. The quantitative estimate of drug-likeness (QED) is 0.723. The van der Waals surface area contributed by atoms with E-state index in [2.05, 4.69) is 21.2 Å². The van der Waals surface area contributed by atoms with Crippen LogP contribution >= 0.6 is 0 Å². The summed E-state index contributed by atoms with van der Waals surface area (Å²) in [5.74, 6) is 1.35. The number of piperidine rings is 2. The summed E-state index contributed by atoms with van der Waals surface area (Å²) < 4.78 is 24.2. The highest BCUT2D eigenvalue weighted by Gasteiger charge is 2.29. The molecule has 5 nitrogen and oxygen atoms in total. The molecular weight excluding hydrogens is 393 g/mol. The second-order valence-electron chi connectivity index (χ2n) is 8.70. The number of anilines is 2. The van der Waals surface area contributed by atoms with Crippen molar-refractivity contribution in [1.29, 1.82) is 0 Å². The number of hydrogen-bond donors (Lipinski definition) is 1. The average Bonchev–Trinajstić information content (AvgIpc) is 2.79. The number of hydrogen-bond acceptors (Lipinski definition) is 5. The summed E-state index contributed by atoms with van der Waals surface area (Å²) in [7, 11) is 3.33. The smallest absolute Gasteiger partial charge is 0.162 e. The van der Waals surface area contributed by atoms with Crippen LogP contribution in [-0.4, -0.2) is 57.4 Å². The van der Waals surface area contributed by atoms with Gasteiger partial charge in [0, 0.05) is 49.2 Å². The number of nitrogens with zero attached hydrogens (tertiary/aromatic N) is 2. The van der Waals surface area contributed by atoms with Crippen molar-refractivity contribution in [2.45, 2.75) is 44.7 Å². The van der Waals surface area contributed by atoms with E-state index in [-0.39, 0.29) is 5.82 Å². The van der Waals surface area contributed by atoms with Gasteiger partial charge in [-0.25, -0.2) is 4.39 Å². The number of nitrogens with one attached hydrogen (secondary N) is 1. The summed E-state index contributed by atoms with van der Waals surface area (Å²) in [6, 6.07) is 12.2. The number of aryl methyl sites for hydroxylation is 1. The number of methoxy groups -OCH3 is 2. The van der Waals surface area contributed by atoms with Gasteiger partial charge in [-0.15, -0.1) is 0 Å². The van der Waals surface area contributed by atoms with Crippen molar-refractivity contribution in [2.24, 2.45) is 0 Å². The zero-order chi connectivity index (χ0) is 21.8. The van der Waals surface area contributed by atoms with E-state index in [1.165, 1.54) is 25.1 Å². The first kappa shape index (κ1) is 21.8. The Kier molecular flexibility index (Phi) is 6.86. The monoisotopic (exact) mass is 427 g/mol. The van der Waals surface area contributed by atoms with Crippen LogP contribution in [0.3, 0.4) is 0 Å². The van der Waals surface area contributed by atoms with E-state index in [9.17, 15) is 4.39 Å². The zero-order valence-corrected chi connectivity index (χ0v) is 18.9. The Hall–Kier alpha value is -2.47. The molecule has 0 aliphatic carbocycles. The van der Waals surface area contributed by atoms with Crippen molar-refractivity contribution in [3.63, 3.8) is 0 Å². The normalized spacial score (nSPS) is 20.5. The van der Waals surface area contributed by atoms with Gasteiger partial charge in [0.25, 0.3) is 0 Å². The minimum absolute atomic E-state index is 0.155. The van der Waals surface area contributed by atoms with E-state index < -0.39 is 0 Å². The molecule has 0 aromatic heterocycles. The van der Waals surface area contributed by atoms with E-state index >= 15 is 0 Å². The van der Waals surface area contributed by atoms with Crippen LogP contribution in [0.5, 0.6) is 11.5 Å². The van der Waals surface area contributed by atoms with Gasteiger partial charge in [-0.3, -0.25) is 4.90 Å². The van der Waals surface area contributed by atoms with E-state index in [0.29, 0.717) is 12.1 Å². The molecule has 2 saturated heterocycles. The summed E-state index contributed by atoms with van der Waals surface area (Å²) in [4.78, 5) is 5.07. The first-order valence-corrected chi connectivity index (χ1v) is 11.3. The first-order valence-electron chi connectivity index (χ1n) is 11.3. The van der Waals surface area contributed by atoms with E-state index in [4.69, 9.17) is 9.47 Å². The molecule has 0 amide bonds. The molecule has 2 fully saturated rings. The minimum Gasteiger partial charge on any atom is -0.493 e. The van der Waals surface area contributed by atoms with E-state index in [0.717, 1.165) is 55.2 Å². The molecule has 0 unspecified atom stereocenters. The van der Waals surface area contributed by atoms with Gasteiger partial charge in [-0.05, 0) is 75.0 Å². The lowest BCUT2D eigenvalue weighted by atomic mass is 9.97. The van der Waals surface area contributed by atoms with Crippen LogP contribution in [0.15, 0.2) is 36.4 Å². The largest absolute Gasteiger partial charge is 0.493 e. The molecule has 0 radical (unpaired) electrons. The molecule has 0 spiro atoms. The van der Waals surface area contributed by atoms with Crippen molar-refractivity contribution in [1.82, 2.24) is 4.90 Å². The van der Waals surface area contributed by atoms with Crippen LogP contribution in [0.1, 0.15) is 31.2 Å². The highest BCUT2D eigenvalue weighted by molar-refractivity contribution is 5.55. The number of likely N-dealkylation sites (tertiary alicyclic amines) is 1. The lowest BCUT2D eigenvalue weighted by Gasteiger charge is -2.43. The van der Waals surface area contributed by atoms with Crippen molar-refractivity contribution in [3.05, 3.63) is 47.8 Å². The fourth-order valence-electron chi connectivity index (χ4n) is 5.06. The Morgan fingerprint density at radius 2 is 1.71 bits per heavy atom. The topological polar surface area (TPSA) is 37.0 Å². The summed E-state index contributed by atoms with van der Waals surface area (Å²) in [5.41, 5.74) is 3.27. The van der Waals surface area contributed by atoms with Crippen LogP contribution < -0.4 is 19.7 Å². The highest BCUT2D eigenvalue weighted by atomic mass is 19.1. The number of rotatable bonds is 6. The third kappa shape index (κ3) is 5.06. The second-order valence-corrected chi connectivity index (χ2v) is 8.70. The van der Waals surface area contributed by atoms with Crippen LogP contribution in [0, 0.1) is 12.7 Å². The Bertz CT molecular complexity index is 883. The van der Waals surface area contributed by atoms with Crippen LogP contribution in [-0.2, 0) is 0 Å². The standard InChI is InChI=1S/C25H34FN3O2/c1-18-15-19(26)6-8-23(18)28-13-10-22(11-14-28)29-12-4-5-21(17-29)27-20-7-9-24(30-2)25(16-20)31-3/h6-9,15-16,21-22,27H,4-5,10-14,17H2,1-3H3/t21-/m0/s1. The SMILES string of the molecule is COc1ccc(N[C@H]2CCCN(C3CCN(c4ccc(F)cc4C)CC3)C2)cc1OC. The molecule has 1 atom stereocenters. The third-order valence-electron chi connectivity index (χ3n) is 6.69. The van der Waals surface area contributed by atoms with Crippen LogP contribution in [0.2, 0.25) is 0 Å². The highest BCUT2D eigenvalue weighted by Crippen LogP contribution is 2.31. The van der Waals surface area contributed by atoms with Gasteiger partial charge in [0.05, 0.1) is 14.2 Å². The lowest BCUT2D eigenvalue weighted by Crippen LogP contribution is -2.51. The molecular formula is C25H34FN3O2. The summed E-state index contributed by atoms with van der Waals surface area (Å²) in [5, 5.41) is 3.70. The van der Waals surface area contributed by atoms with Gasteiger partial charge in [0.15, 0.2) is 11.5 Å². The van der Waals surface area contributed by atoms with E-state index in [1.807, 2.05) is 25.1 Å². The first-order chi connectivity index (χ1) is 15.1. The molecule has 31 heavy (non-hydrogen) atoms. The molecule has 2 aliphatic rings. The fraction of sp³-hybridized carbons (Fsp3) is 0.520. The zero-order valence-electron chi connectivity index (χ0n) is 18.9. The van der Waals surface area contributed by atoms with Gasteiger partial charge in [-0.1, -0.05) is 0 Å². The number of halogens is 1. The van der Waals surface area contributed by atoms with Crippen LogP contribution in [0.25, 0.3) is 0 Å². The molecule has 2 aromatic carbocycles. The molecule has 4 rings (SSSR count). The molecule has 2 aliphatic heterocycles. The Labute approximate surface area is 185 Å². The summed E-state index contributed by atoms with van der Waals surface area (Å²) in [6.07, 6.45) is 4.69. The Morgan fingerprint density at radius 3 is 2.42 bits per heavy atom. The van der Waals surface area contributed by atoms with Crippen molar-refractivity contribution in [2.75, 3.05) is 50.6 Å². The van der Waals surface area contributed by atoms with Gasteiger partial charge in [-0.2, -0.15) is 0 Å². The predicted molar refractivity (Wildman–Crippen MR) is 124 cm³/mol. The number of ether oxygens (including phenoxy) is 2. The van der Waals surface area contributed by atoms with E-state index in [1.54, 1.807) is 26.4 Å². The Morgan fingerprint density at radius 1 is 0.935 bits per heavy atom. The molecule has 168 valence electrons. The van der Waals surface area contributed by atoms with Crippen molar-refractivity contribution in [3.8, 4) is 11.5 Å². The minimum atomic E-state index is -0.155. The molecule has 6 heteroatoms. The van der Waals surface area contributed by atoms with Crippen molar-refractivity contribution < 1.29 is 13.9 Å². The molecule has 2 aromatic rings. The second kappa shape index (κ2) is 9.77. The maximum Gasteiger partial charge on any atom is 0.162 e. The van der Waals surface area contributed by atoms with Gasteiger partial charge in [0.2, 0.25) is 0 Å². The summed E-state index contributed by atoms with van der Waals surface area (Å²) >= 11 is 0. The van der Waals surface area contributed by atoms with Gasteiger partial charge >= 0.3 is 0 Å². The maximum atomic E-state index is 13.4. The molecule has 2 heterocycles. The molecule has 0 bridgehead atoms. The lowest BCUT2D eigenvalue weighted by molar-refractivity contribution is 0.134.